The standard InChI is InChI=1S/C17H23F3N2O2/c1-16(2,3)24-15(23)22-7-6-13-8-12(4-5-14(13)10-22)9-21-11-17(18,19)20/h4-5,8,21H,6-7,9-11H2,1-3H3. The van der Waals surface area contributed by atoms with Gasteiger partial charge in [-0.1, -0.05) is 18.2 Å². The van der Waals surface area contributed by atoms with E-state index < -0.39 is 18.3 Å². The van der Waals surface area contributed by atoms with Crippen LogP contribution in [-0.2, 0) is 24.2 Å². The summed E-state index contributed by atoms with van der Waals surface area (Å²) in [5.74, 6) is 0. The van der Waals surface area contributed by atoms with Crippen molar-refractivity contribution in [1.29, 1.82) is 0 Å². The number of carbonyl (C=O) groups excluding carboxylic acids is 1. The van der Waals surface area contributed by atoms with Crippen molar-refractivity contribution in [3.8, 4) is 0 Å². The molecule has 1 aromatic rings. The van der Waals surface area contributed by atoms with E-state index >= 15 is 0 Å². The van der Waals surface area contributed by atoms with Crippen LogP contribution >= 0.6 is 0 Å². The van der Waals surface area contributed by atoms with E-state index in [1.165, 1.54) is 0 Å². The number of nitrogens with one attached hydrogen (secondary N) is 1. The second kappa shape index (κ2) is 7.01. The van der Waals surface area contributed by atoms with E-state index in [9.17, 15) is 18.0 Å². The monoisotopic (exact) mass is 344 g/mol. The molecule has 0 radical (unpaired) electrons. The second-order valence-electron chi connectivity index (χ2n) is 6.97. The Morgan fingerprint density at radius 3 is 2.58 bits per heavy atom. The predicted octanol–water partition coefficient (Wildman–Crippen LogP) is 3.63. The number of carbonyl (C=O) groups is 1. The fourth-order valence-corrected chi connectivity index (χ4v) is 2.55. The Kier molecular flexibility index (Phi) is 5.42. The summed E-state index contributed by atoms with van der Waals surface area (Å²) in [5, 5.41) is 2.39. The zero-order valence-corrected chi connectivity index (χ0v) is 14.2. The van der Waals surface area contributed by atoms with Gasteiger partial charge >= 0.3 is 12.3 Å². The SMILES string of the molecule is CC(C)(C)OC(=O)N1CCc2cc(CNCC(F)(F)F)ccc2C1. The molecule has 7 heteroatoms. The predicted molar refractivity (Wildman–Crippen MR) is 84.6 cm³/mol. The first-order valence-electron chi connectivity index (χ1n) is 7.89. The molecule has 0 aliphatic carbocycles. The highest BCUT2D eigenvalue weighted by Gasteiger charge is 2.27. The molecule has 1 aliphatic rings. The number of halogens is 3. The molecule has 0 fully saturated rings. The lowest BCUT2D eigenvalue weighted by atomic mass is 9.97. The number of hydrogen-bond acceptors (Lipinski definition) is 3. The zero-order valence-electron chi connectivity index (χ0n) is 14.2. The highest BCUT2D eigenvalue weighted by molar-refractivity contribution is 5.68. The molecule has 2 rings (SSSR count). The minimum atomic E-state index is -4.21. The molecule has 1 aromatic carbocycles. The van der Waals surface area contributed by atoms with Crippen LogP contribution in [0.2, 0.25) is 0 Å². The molecular weight excluding hydrogens is 321 g/mol. The van der Waals surface area contributed by atoms with Gasteiger partial charge in [-0.2, -0.15) is 13.2 Å². The lowest BCUT2D eigenvalue weighted by molar-refractivity contribution is -0.125. The molecule has 0 saturated carbocycles. The van der Waals surface area contributed by atoms with Crippen LogP contribution in [0.3, 0.4) is 0 Å². The number of nitrogens with zero attached hydrogens (tertiary/aromatic N) is 1. The van der Waals surface area contributed by atoms with Gasteiger partial charge < -0.3 is 15.0 Å². The fraction of sp³-hybridized carbons (Fsp3) is 0.588. The van der Waals surface area contributed by atoms with Crippen LogP contribution in [0.4, 0.5) is 18.0 Å². The molecule has 0 unspecified atom stereocenters. The summed E-state index contributed by atoms with van der Waals surface area (Å²) in [6, 6.07) is 5.57. The van der Waals surface area contributed by atoms with Crippen LogP contribution < -0.4 is 5.32 Å². The molecule has 4 nitrogen and oxygen atoms in total. The van der Waals surface area contributed by atoms with E-state index in [-0.39, 0.29) is 12.6 Å². The molecule has 1 aliphatic heterocycles. The van der Waals surface area contributed by atoms with Gasteiger partial charge in [0.1, 0.15) is 5.60 Å². The van der Waals surface area contributed by atoms with E-state index in [0.29, 0.717) is 19.5 Å². The number of rotatable bonds is 3. The summed E-state index contributed by atoms with van der Waals surface area (Å²) in [6.45, 7) is 5.63. The van der Waals surface area contributed by atoms with Crippen LogP contribution in [0.15, 0.2) is 18.2 Å². The maximum absolute atomic E-state index is 12.2. The van der Waals surface area contributed by atoms with Crippen molar-refractivity contribution >= 4 is 6.09 Å². The van der Waals surface area contributed by atoms with Crippen LogP contribution in [-0.4, -0.2) is 35.9 Å². The van der Waals surface area contributed by atoms with Crippen LogP contribution in [0.1, 0.15) is 37.5 Å². The third-order valence-electron chi connectivity index (χ3n) is 3.59. The van der Waals surface area contributed by atoms with Crippen LogP contribution in [0, 0.1) is 0 Å². The topological polar surface area (TPSA) is 41.6 Å². The van der Waals surface area contributed by atoms with E-state index in [0.717, 1.165) is 16.7 Å². The van der Waals surface area contributed by atoms with Crippen molar-refractivity contribution in [2.75, 3.05) is 13.1 Å². The molecule has 0 atom stereocenters. The van der Waals surface area contributed by atoms with Gasteiger partial charge in [0.2, 0.25) is 0 Å². The Balaban J connectivity index is 1.95. The maximum Gasteiger partial charge on any atom is 0.410 e. The summed E-state index contributed by atoms with van der Waals surface area (Å²) >= 11 is 0. The maximum atomic E-state index is 12.2. The van der Waals surface area contributed by atoms with Gasteiger partial charge in [0.15, 0.2) is 0 Å². The first kappa shape index (κ1) is 18.6. The van der Waals surface area contributed by atoms with Crippen molar-refractivity contribution in [2.45, 2.75) is 52.1 Å². The fourth-order valence-electron chi connectivity index (χ4n) is 2.55. The summed E-state index contributed by atoms with van der Waals surface area (Å²) < 4.78 is 41.8. The Morgan fingerprint density at radius 1 is 1.25 bits per heavy atom. The summed E-state index contributed by atoms with van der Waals surface area (Å²) in [4.78, 5) is 13.8. The zero-order chi connectivity index (χ0) is 18.0. The molecule has 0 saturated heterocycles. The quantitative estimate of drug-likeness (QED) is 0.910. The largest absolute Gasteiger partial charge is 0.444 e. The number of hydrogen-bond donors (Lipinski definition) is 1. The number of amides is 1. The van der Waals surface area contributed by atoms with Crippen molar-refractivity contribution in [3.63, 3.8) is 0 Å². The lowest BCUT2D eigenvalue weighted by Crippen LogP contribution is -2.39. The minimum Gasteiger partial charge on any atom is -0.444 e. The third kappa shape index (κ3) is 5.70. The number of fused-ring (bicyclic) bond motifs is 1. The molecule has 1 amide bonds. The van der Waals surface area contributed by atoms with Crippen LogP contribution in [0.25, 0.3) is 0 Å². The molecule has 0 bridgehead atoms. The van der Waals surface area contributed by atoms with Gasteiger partial charge in [-0.3, -0.25) is 0 Å². The van der Waals surface area contributed by atoms with Crippen molar-refractivity contribution in [1.82, 2.24) is 10.2 Å². The number of benzene rings is 1. The summed E-state index contributed by atoms with van der Waals surface area (Å²) in [6.07, 6.45) is -3.88. The van der Waals surface area contributed by atoms with Gasteiger partial charge in [-0.25, -0.2) is 4.79 Å². The van der Waals surface area contributed by atoms with Crippen LogP contribution in [0.5, 0.6) is 0 Å². The minimum absolute atomic E-state index is 0.169. The average Bonchev–Trinajstić information content (AvgIpc) is 2.43. The van der Waals surface area contributed by atoms with Crippen molar-refractivity contribution in [3.05, 3.63) is 34.9 Å². The molecule has 1 N–H and O–H groups in total. The first-order chi connectivity index (χ1) is 11.0. The highest BCUT2D eigenvalue weighted by atomic mass is 19.4. The number of ether oxygens (including phenoxy) is 1. The average molecular weight is 344 g/mol. The van der Waals surface area contributed by atoms with Gasteiger partial charge in [0.05, 0.1) is 6.54 Å². The third-order valence-corrected chi connectivity index (χ3v) is 3.59. The molecule has 24 heavy (non-hydrogen) atoms. The second-order valence-corrected chi connectivity index (χ2v) is 6.97. The normalized spacial score (nSPS) is 15.2. The Morgan fingerprint density at radius 2 is 1.96 bits per heavy atom. The van der Waals surface area contributed by atoms with Gasteiger partial charge in [-0.05, 0) is 43.9 Å². The smallest absolute Gasteiger partial charge is 0.410 e. The van der Waals surface area contributed by atoms with Crippen molar-refractivity contribution in [2.24, 2.45) is 0 Å². The summed E-state index contributed by atoms with van der Waals surface area (Å²) in [5.41, 5.74) is 2.35. The molecule has 134 valence electrons. The number of alkyl halides is 3. The van der Waals surface area contributed by atoms with Crippen molar-refractivity contribution < 1.29 is 22.7 Å². The van der Waals surface area contributed by atoms with Gasteiger partial charge in [0, 0.05) is 19.6 Å². The molecule has 1 heterocycles. The Bertz CT molecular complexity index is 594. The Hall–Kier alpha value is -1.76. The van der Waals surface area contributed by atoms with E-state index in [4.69, 9.17) is 4.74 Å². The first-order valence-corrected chi connectivity index (χ1v) is 7.89. The lowest BCUT2D eigenvalue weighted by Gasteiger charge is -2.31. The van der Waals surface area contributed by atoms with E-state index in [2.05, 4.69) is 5.32 Å². The molecular formula is C17H23F3N2O2. The molecule has 0 spiro atoms. The Labute approximate surface area is 140 Å². The van der Waals surface area contributed by atoms with Gasteiger partial charge in [0.25, 0.3) is 0 Å². The van der Waals surface area contributed by atoms with E-state index in [1.54, 1.807) is 11.0 Å². The molecule has 0 aromatic heterocycles. The highest BCUT2D eigenvalue weighted by Crippen LogP contribution is 2.22. The van der Waals surface area contributed by atoms with Gasteiger partial charge in [-0.15, -0.1) is 0 Å². The van der Waals surface area contributed by atoms with E-state index in [1.807, 2.05) is 32.9 Å². The summed E-state index contributed by atoms with van der Waals surface area (Å²) in [7, 11) is 0.